The van der Waals surface area contributed by atoms with Crippen molar-refractivity contribution < 1.29 is 9.53 Å². The SMILES string of the molecule is O=C(C1CCCCC1)N1CCC2(CC1)CO[C@H](Cc1cnccn1)C2. The van der Waals surface area contributed by atoms with Gasteiger partial charge in [-0.3, -0.25) is 14.8 Å². The number of ether oxygens (including phenoxy) is 1. The van der Waals surface area contributed by atoms with Gasteiger partial charge in [-0.05, 0) is 37.5 Å². The molecule has 1 aromatic rings. The first kappa shape index (κ1) is 17.0. The summed E-state index contributed by atoms with van der Waals surface area (Å²) >= 11 is 0. The van der Waals surface area contributed by atoms with E-state index in [2.05, 4.69) is 14.9 Å². The summed E-state index contributed by atoms with van der Waals surface area (Å²) in [4.78, 5) is 23.4. The van der Waals surface area contributed by atoms with Gasteiger partial charge in [0.1, 0.15) is 0 Å². The molecule has 2 aliphatic heterocycles. The molecule has 136 valence electrons. The fourth-order valence-corrected chi connectivity index (χ4v) is 4.85. The number of carbonyl (C=O) groups excluding carboxylic acids is 1. The molecule has 0 bridgehead atoms. The molecule has 3 aliphatic rings. The Morgan fingerprint density at radius 1 is 1.20 bits per heavy atom. The van der Waals surface area contributed by atoms with E-state index < -0.39 is 0 Å². The molecule has 0 N–H and O–H groups in total. The van der Waals surface area contributed by atoms with Crippen LogP contribution in [0.25, 0.3) is 0 Å². The van der Waals surface area contributed by atoms with Crippen LogP contribution in [-0.4, -0.2) is 46.6 Å². The Hall–Kier alpha value is -1.49. The highest BCUT2D eigenvalue weighted by Gasteiger charge is 2.43. The fourth-order valence-electron chi connectivity index (χ4n) is 4.85. The van der Waals surface area contributed by atoms with Crippen molar-refractivity contribution in [2.45, 2.75) is 63.9 Å². The van der Waals surface area contributed by atoms with Gasteiger partial charge < -0.3 is 9.64 Å². The van der Waals surface area contributed by atoms with Gasteiger partial charge in [-0.2, -0.15) is 0 Å². The van der Waals surface area contributed by atoms with E-state index in [0.717, 1.165) is 63.9 Å². The summed E-state index contributed by atoms with van der Waals surface area (Å²) in [6.07, 6.45) is 15.6. The molecule has 0 radical (unpaired) electrons. The van der Waals surface area contributed by atoms with Crippen molar-refractivity contribution in [1.29, 1.82) is 0 Å². The first-order valence-electron chi connectivity index (χ1n) is 9.89. The Labute approximate surface area is 150 Å². The molecular weight excluding hydrogens is 314 g/mol. The molecule has 0 aromatic carbocycles. The molecule has 1 aliphatic carbocycles. The van der Waals surface area contributed by atoms with E-state index in [1.807, 2.05) is 6.20 Å². The normalized spacial score (nSPS) is 26.9. The van der Waals surface area contributed by atoms with Crippen molar-refractivity contribution in [2.24, 2.45) is 11.3 Å². The van der Waals surface area contributed by atoms with Crippen LogP contribution in [0.2, 0.25) is 0 Å². The van der Waals surface area contributed by atoms with Gasteiger partial charge >= 0.3 is 0 Å². The second-order valence-corrected chi connectivity index (χ2v) is 8.20. The molecule has 3 fully saturated rings. The highest BCUT2D eigenvalue weighted by atomic mass is 16.5. The number of hydrogen-bond acceptors (Lipinski definition) is 4. The van der Waals surface area contributed by atoms with Gasteiger partial charge in [0, 0.05) is 44.0 Å². The summed E-state index contributed by atoms with van der Waals surface area (Å²) in [5, 5.41) is 0. The third kappa shape index (κ3) is 3.86. The number of carbonyl (C=O) groups is 1. The van der Waals surface area contributed by atoms with Crippen molar-refractivity contribution in [2.75, 3.05) is 19.7 Å². The lowest BCUT2D eigenvalue weighted by molar-refractivity contribution is -0.139. The van der Waals surface area contributed by atoms with Crippen LogP contribution in [0.15, 0.2) is 18.6 Å². The van der Waals surface area contributed by atoms with E-state index in [4.69, 9.17) is 4.74 Å². The average molecular weight is 343 g/mol. The Bertz CT molecular complexity index is 578. The van der Waals surface area contributed by atoms with Gasteiger partial charge in [-0.25, -0.2) is 0 Å². The Morgan fingerprint density at radius 3 is 2.72 bits per heavy atom. The number of piperidine rings is 1. The maximum absolute atomic E-state index is 12.7. The van der Waals surface area contributed by atoms with E-state index in [9.17, 15) is 4.79 Å². The zero-order valence-corrected chi connectivity index (χ0v) is 15.0. The van der Waals surface area contributed by atoms with Gasteiger partial charge in [0.15, 0.2) is 0 Å². The Morgan fingerprint density at radius 2 is 2.00 bits per heavy atom. The van der Waals surface area contributed by atoms with E-state index in [1.165, 1.54) is 19.3 Å². The maximum Gasteiger partial charge on any atom is 0.225 e. The van der Waals surface area contributed by atoms with E-state index in [-0.39, 0.29) is 11.5 Å². The van der Waals surface area contributed by atoms with Crippen LogP contribution < -0.4 is 0 Å². The van der Waals surface area contributed by atoms with Crippen molar-refractivity contribution in [1.82, 2.24) is 14.9 Å². The highest BCUT2D eigenvalue weighted by Crippen LogP contribution is 2.43. The third-order valence-electron chi connectivity index (χ3n) is 6.43. The van der Waals surface area contributed by atoms with Gasteiger partial charge in [0.25, 0.3) is 0 Å². The minimum absolute atomic E-state index is 0.247. The molecule has 1 saturated carbocycles. The van der Waals surface area contributed by atoms with Gasteiger partial charge in [-0.1, -0.05) is 19.3 Å². The second kappa shape index (κ2) is 7.40. The maximum atomic E-state index is 12.7. The average Bonchev–Trinajstić information content (AvgIpc) is 3.05. The first-order valence-corrected chi connectivity index (χ1v) is 9.89. The predicted molar refractivity (Wildman–Crippen MR) is 94.9 cm³/mol. The lowest BCUT2D eigenvalue weighted by atomic mass is 9.76. The summed E-state index contributed by atoms with van der Waals surface area (Å²) in [6.45, 7) is 2.66. The standard InChI is InChI=1S/C20H29N3O2/c24-19(16-4-2-1-3-5-16)23-10-6-20(7-11-23)13-18(25-15-20)12-17-14-21-8-9-22-17/h8-9,14,16,18H,1-7,10-13,15H2/t18-/m1/s1. The molecule has 4 rings (SSSR count). The van der Waals surface area contributed by atoms with Crippen molar-refractivity contribution in [3.8, 4) is 0 Å². The molecule has 5 nitrogen and oxygen atoms in total. The Balaban J connectivity index is 1.29. The molecular formula is C20H29N3O2. The van der Waals surface area contributed by atoms with Crippen LogP contribution in [0.3, 0.4) is 0 Å². The number of likely N-dealkylation sites (tertiary alicyclic amines) is 1. The zero-order valence-electron chi connectivity index (χ0n) is 15.0. The highest BCUT2D eigenvalue weighted by molar-refractivity contribution is 5.79. The van der Waals surface area contributed by atoms with Gasteiger partial charge in [0.2, 0.25) is 5.91 Å². The molecule has 1 spiro atoms. The van der Waals surface area contributed by atoms with Crippen molar-refractivity contribution in [3.63, 3.8) is 0 Å². The van der Waals surface area contributed by atoms with Crippen LogP contribution >= 0.6 is 0 Å². The molecule has 25 heavy (non-hydrogen) atoms. The predicted octanol–water partition coefficient (Wildman–Crippen LogP) is 3.00. The molecule has 1 amide bonds. The van der Waals surface area contributed by atoms with Crippen LogP contribution in [0.4, 0.5) is 0 Å². The topological polar surface area (TPSA) is 55.3 Å². The van der Waals surface area contributed by atoms with E-state index in [0.29, 0.717) is 11.8 Å². The lowest BCUT2D eigenvalue weighted by Gasteiger charge is -2.40. The van der Waals surface area contributed by atoms with Crippen LogP contribution in [0.1, 0.15) is 57.1 Å². The summed E-state index contributed by atoms with van der Waals surface area (Å²) in [7, 11) is 0. The smallest absolute Gasteiger partial charge is 0.225 e. The molecule has 1 atom stereocenters. The van der Waals surface area contributed by atoms with Gasteiger partial charge in [0.05, 0.1) is 18.4 Å². The lowest BCUT2D eigenvalue weighted by Crippen LogP contribution is -2.46. The number of aromatic nitrogens is 2. The molecule has 3 heterocycles. The summed E-state index contributed by atoms with van der Waals surface area (Å²) in [5.74, 6) is 0.719. The first-order chi connectivity index (χ1) is 12.2. The summed E-state index contributed by atoms with van der Waals surface area (Å²) in [5.41, 5.74) is 1.28. The third-order valence-corrected chi connectivity index (χ3v) is 6.43. The monoisotopic (exact) mass is 343 g/mol. The quantitative estimate of drug-likeness (QED) is 0.846. The zero-order chi connectivity index (χ0) is 17.1. The van der Waals surface area contributed by atoms with E-state index in [1.54, 1.807) is 12.4 Å². The molecule has 2 saturated heterocycles. The minimum Gasteiger partial charge on any atom is -0.377 e. The van der Waals surface area contributed by atoms with Crippen LogP contribution in [-0.2, 0) is 16.0 Å². The molecule has 1 aromatic heterocycles. The number of nitrogens with zero attached hydrogens (tertiary/aromatic N) is 3. The largest absolute Gasteiger partial charge is 0.377 e. The molecule has 0 unspecified atom stereocenters. The fraction of sp³-hybridized carbons (Fsp3) is 0.750. The van der Waals surface area contributed by atoms with E-state index >= 15 is 0 Å². The number of amides is 1. The van der Waals surface area contributed by atoms with Crippen LogP contribution in [0.5, 0.6) is 0 Å². The van der Waals surface area contributed by atoms with Crippen molar-refractivity contribution in [3.05, 3.63) is 24.3 Å². The number of hydrogen-bond donors (Lipinski definition) is 0. The van der Waals surface area contributed by atoms with Crippen LogP contribution in [0, 0.1) is 11.3 Å². The summed E-state index contributed by atoms with van der Waals surface area (Å²) < 4.78 is 6.09. The second-order valence-electron chi connectivity index (χ2n) is 8.20. The Kier molecular flexibility index (Phi) is 5.02. The van der Waals surface area contributed by atoms with Crippen molar-refractivity contribution >= 4 is 5.91 Å². The van der Waals surface area contributed by atoms with Gasteiger partial charge in [-0.15, -0.1) is 0 Å². The summed E-state index contributed by atoms with van der Waals surface area (Å²) in [6, 6.07) is 0. The number of rotatable bonds is 3. The minimum atomic E-state index is 0.247. The molecule has 5 heteroatoms.